The van der Waals surface area contributed by atoms with Crippen LogP contribution in [0, 0.1) is 0 Å². The minimum atomic E-state index is 0.245. The maximum atomic E-state index is 4.37. The summed E-state index contributed by atoms with van der Waals surface area (Å²) in [5.74, 6) is 2.21. The van der Waals surface area contributed by atoms with Crippen molar-refractivity contribution in [1.29, 1.82) is 0 Å². The smallest absolute Gasteiger partial charge is 0.0835 e. The lowest BCUT2D eigenvalue weighted by molar-refractivity contribution is 1.02. The van der Waals surface area contributed by atoms with Gasteiger partial charge >= 0.3 is 0 Å². The van der Waals surface area contributed by atoms with E-state index in [1.54, 1.807) is 0 Å². The number of hydrogen-bond acceptors (Lipinski definition) is 3. The second-order valence-electron chi connectivity index (χ2n) is 3.55. The van der Waals surface area contributed by atoms with E-state index in [0.29, 0.717) is 5.25 Å². The van der Waals surface area contributed by atoms with Crippen LogP contribution in [0.2, 0.25) is 0 Å². The molecule has 0 nitrogen and oxygen atoms in total. The van der Waals surface area contributed by atoms with Gasteiger partial charge in [0.15, 0.2) is 0 Å². The Balaban J connectivity index is 2.19. The van der Waals surface area contributed by atoms with Gasteiger partial charge in [0.05, 0.1) is 4.08 Å². The van der Waals surface area contributed by atoms with Gasteiger partial charge in [-0.3, -0.25) is 0 Å². The maximum Gasteiger partial charge on any atom is 0.0835 e. The summed E-state index contributed by atoms with van der Waals surface area (Å²) in [4.78, 5) is 0. The Morgan fingerprint density at radius 2 is 2.14 bits per heavy atom. The van der Waals surface area contributed by atoms with E-state index in [1.807, 2.05) is 11.8 Å². The van der Waals surface area contributed by atoms with E-state index in [-0.39, 0.29) is 4.08 Å². The maximum absolute atomic E-state index is 4.37. The van der Waals surface area contributed by atoms with E-state index in [0.717, 1.165) is 5.75 Å². The van der Waals surface area contributed by atoms with Crippen molar-refractivity contribution in [3.63, 3.8) is 0 Å². The van der Waals surface area contributed by atoms with Crippen LogP contribution in [0.15, 0.2) is 30.3 Å². The number of hydrogen-bond donors (Lipinski definition) is 1. The summed E-state index contributed by atoms with van der Waals surface area (Å²) in [5, 5.41) is 0.702. The molecular formula is C11H14S3. The third-order valence-corrected chi connectivity index (χ3v) is 6.69. The van der Waals surface area contributed by atoms with Gasteiger partial charge in [-0.05, 0) is 12.5 Å². The molecule has 1 aliphatic rings. The van der Waals surface area contributed by atoms with Gasteiger partial charge in [0, 0.05) is 16.8 Å². The Bertz CT molecular complexity index is 299. The van der Waals surface area contributed by atoms with Crippen molar-refractivity contribution < 1.29 is 0 Å². The second kappa shape index (κ2) is 4.42. The minimum Gasteiger partial charge on any atom is -0.178 e. The average Bonchev–Trinajstić information content (AvgIpc) is 2.63. The standard InChI is InChI=1S/C11H14S3/c1-11(9-5-3-2-4-6-9)13-8-10(7-12)14-11/h2-6,10,12H,7-8H2,1H3. The highest BCUT2D eigenvalue weighted by molar-refractivity contribution is 8.21. The van der Waals surface area contributed by atoms with Crippen LogP contribution in [-0.4, -0.2) is 16.8 Å². The fraction of sp³-hybridized carbons (Fsp3) is 0.455. The normalized spacial score (nSPS) is 32.0. The van der Waals surface area contributed by atoms with Crippen LogP contribution in [0.4, 0.5) is 0 Å². The highest BCUT2D eigenvalue weighted by Gasteiger charge is 2.37. The molecule has 76 valence electrons. The Morgan fingerprint density at radius 1 is 1.43 bits per heavy atom. The molecule has 0 aromatic heterocycles. The summed E-state index contributed by atoms with van der Waals surface area (Å²) >= 11 is 8.47. The van der Waals surface area contributed by atoms with Crippen LogP contribution < -0.4 is 0 Å². The number of thiol groups is 1. The Morgan fingerprint density at radius 3 is 2.71 bits per heavy atom. The molecule has 1 heterocycles. The first-order chi connectivity index (χ1) is 6.74. The third kappa shape index (κ3) is 2.10. The van der Waals surface area contributed by atoms with Gasteiger partial charge in [-0.25, -0.2) is 0 Å². The van der Waals surface area contributed by atoms with Crippen molar-refractivity contribution in [3.05, 3.63) is 35.9 Å². The molecule has 3 heteroatoms. The lowest BCUT2D eigenvalue weighted by Crippen LogP contribution is -2.09. The molecule has 2 atom stereocenters. The molecule has 1 aliphatic heterocycles. The van der Waals surface area contributed by atoms with E-state index in [2.05, 4.69) is 61.6 Å². The van der Waals surface area contributed by atoms with Crippen molar-refractivity contribution in [3.8, 4) is 0 Å². The molecule has 0 N–H and O–H groups in total. The molecular weight excluding hydrogens is 228 g/mol. The predicted molar refractivity (Wildman–Crippen MR) is 71.5 cm³/mol. The quantitative estimate of drug-likeness (QED) is 0.786. The van der Waals surface area contributed by atoms with Crippen molar-refractivity contribution in [2.24, 2.45) is 0 Å². The molecule has 1 aromatic carbocycles. The highest BCUT2D eigenvalue weighted by Crippen LogP contribution is 2.54. The van der Waals surface area contributed by atoms with Crippen LogP contribution in [0.5, 0.6) is 0 Å². The molecule has 2 unspecified atom stereocenters. The molecule has 1 aromatic rings. The molecule has 0 amide bonds. The molecule has 1 saturated heterocycles. The van der Waals surface area contributed by atoms with Gasteiger partial charge in [0.1, 0.15) is 0 Å². The summed E-state index contributed by atoms with van der Waals surface area (Å²) in [6.45, 7) is 2.32. The lowest BCUT2D eigenvalue weighted by atomic mass is 10.2. The molecule has 1 fully saturated rings. The summed E-state index contributed by atoms with van der Waals surface area (Å²) < 4.78 is 0.245. The van der Waals surface area contributed by atoms with Gasteiger partial charge < -0.3 is 0 Å². The summed E-state index contributed by atoms with van der Waals surface area (Å²) in [6, 6.07) is 10.8. The SMILES string of the molecule is CC1(c2ccccc2)SCC(CS)S1. The first-order valence-corrected chi connectivity index (χ1v) is 7.22. The van der Waals surface area contributed by atoms with Gasteiger partial charge in [0.2, 0.25) is 0 Å². The van der Waals surface area contributed by atoms with E-state index < -0.39 is 0 Å². The van der Waals surface area contributed by atoms with E-state index >= 15 is 0 Å². The minimum absolute atomic E-state index is 0.245. The van der Waals surface area contributed by atoms with E-state index in [1.165, 1.54) is 11.3 Å². The number of rotatable bonds is 2. The Labute approximate surface area is 99.7 Å². The van der Waals surface area contributed by atoms with Crippen LogP contribution in [0.25, 0.3) is 0 Å². The Kier molecular flexibility index (Phi) is 3.40. The fourth-order valence-corrected chi connectivity index (χ4v) is 5.42. The Hall–Kier alpha value is 0.270. The summed E-state index contributed by atoms with van der Waals surface area (Å²) in [5.41, 5.74) is 1.43. The van der Waals surface area contributed by atoms with E-state index in [9.17, 15) is 0 Å². The van der Waals surface area contributed by atoms with Gasteiger partial charge in [-0.15, -0.1) is 23.5 Å². The fourth-order valence-electron chi connectivity index (χ4n) is 1.62. The highest BCUT2D eigenvalue weighted by atomic mass is 32.2. The van der Waals surface area contributed by atoms with Crippen LogP contribution in [-0.2, 0) is 4.08 Å². The van der Waals surface area contributed by atoms with Crippen LogP contribution in [0.1, 0.15) is 12.5 Å². The first kappa shape index (κ1) is 10.8. The number of benzene rings is 1. The van der Waals surface area contributed by atoms with Gasteiger partial charge in [-0.2, -0.15) is 12.6 Å². The lowest BCUT2D eigenvalue weighted by Gasteiger charge is -2.22. The van der Waals surface area contributed by atoms with Crippen molar-refractivity contribution in [2.75, 3.05) is 11.5 Å². The molecule has 0 bridgehead atoms. The topological polar surface area (TPSA) is 0 Å². The molecule has 0 radical (unpaired) electrons. The van der Waals surface area contributed by atoms with Crippen molar-refractivity contribution >= 4 is 36.2 Å². The molecule has 14 heavy (non-hydrogen) atoms. The second-order valence-corrected chi connectivity index (χ2v) is 7.33. The van der Waals surface area contributed by atoms with Crippen molar-refractivity contribution in [1.82, 2.24) is 0 Å². The van der Waals surface area contributed by atoms with Crippen LogP contribution >= 0.6 is 36.2 Å². The molecule has 2 rings (SSSR count). The molecule has 0 saturated carbocycles. The largest absolute Gasteiger partial charge is 0.178 e. The van der Waals surface area contributed by atoms with Gasteiger partial charge in [-0.1, -0.05) is 30.3 Å². The number of thioether (sulfide) groups is 2. The third-order valence-electron chi connectivity index (χ3n) is 2.44. The monoisotopic (exact) mass is 242 g/mol. The summed E-state index contributed by atoms with van der Waals surface area (Å²) in [7, 11) is 0. The van der Waals surface area contributed by atoms with E-state index in [4.69, 9.17) is 0 Å². The first-order valence-electron chi connectivity index (χ1n) is 4.73. The zero-order valence-electron chi connectivity index (χ0n) is 8.14. The molecule has 0 aliphatic carbocycles. The molecule has 0 spiro atoms. The van der Waals surface area contributed by atoms with Crippen LogP contribution in [0.3, 0.4) is 0 Å². The average molecular weight is 242 g/mol. The zero-order chi connectivity index (χ0) is 10.0. The van der Waals surface area contributed by atoms with Gasteiger partial charge in [0.25, 0.3) is 0 Å². The predicted octanol–water partition coefficient (Wildman–Crippen LogP) is 3.64. The summed E-state index contributed by atoms with van der Waals surface area (Å²) in [6.07, 6.45) is 0. The van der Waals surface area contributed by atoms with Crippen molar-refractivity contribution in [2.45, 2.75) is 16.3 Å². The zero-order valence-corrected chi connectivity index (χ0v) is 10.7.